The van der Waals surface area contributed by atoms with Gasteiger partial charge in [-0.2, -0.15) is 13.7 Å². The fourth-order valence-corrected chi connectivity index (χ4v) is 16.2. The molecule has 15 rings (SSSR count). The maximum absolute atomic E-state index is 6.46. The number of nitrogens with zero attached hydrogens (tertiary/aromatic N) is 9. The van der Waals surface area contributed by atoms with Gasteiger partial charge in [-0.1, -0.05) is 168 Å². The molecule has 0 aliphatic rings. The van der Waals surface area contributed by atoms with Crippen LogP contribution >= 0.6 is 0 Å². The van der Waals surface area contributed by atoms with E-state index in [1.54, 1.807) is 0 Å². The molecule has 0 fully saturated rings. The highest BCUT2D eigenvalue weighted by Gasteiger charge is 2.31. The maximum Gasteiger partial charge on any atom is 0.230 e. The smallest absolute Gasteiger partial charge is 0.230 e. The molecule has 0 amide bonds. The second-order valence-corrected chi connectivity index (χ2v) is 31.2. The van der Waals surface area contributed by atoms with E-state index in [1.165, 1.54) is 135 Å². The number of fused-ring (bicyclic) bond motifs is 4. The molecule has 5 aromatic carbocycles. The average molecular weight is 1400 g/mol. The number of hydrogen-bond acceptors (Lipinski definition) is 2. The Labute approximate surface area is 629 Å². The second kappa shape index (κ2) is 30.0. The molecule has 0 unspecified atom stereocenters. The van der Waals surface area contributed by atoms with E-state index < -0.39 is 0 Å². The van der Waals surface area contributed by atoms with Crippen molar-refractivity contribution in [1.29, 1.82) is 0 Å². The Morgan fingerprint density at radius 2 is 0.717 bits per heavy atom. The minimum Gasteiger partial charge on any atom is -0.437 e. The number of rotatable bonds is 15. The molecular formula is C96H108N9O+3. The van der Waals surface area contributed by atoms with Gasteiger partial charge in [-0.3, -0.25) is 0 Å². The first-order valence-corrected chi connectivity index (χ1v) is 38.2. The summed E-state index contributed by atoms with van der Waals surface area (Å²) >= 11 is 0. The SMILES string of the molecule is Cc1ccc2c(n1)oc1c(-c3cccc(-c4c(C)ccn4-c4c(C(C)C)cccc4C(C)C)[n+]3C)c(C)ccc12.Cc1ccn(-c2c(C(C)C)cccc2C(C)C)c1-c1cccc(-c2cc3ccccc3n2C)[n+]1C.Cc1ccn(-c2c(C(C)C)cccc2C(C)C)c1-c1cccc(-c2cccn2C)[n+]1C. The van der Waals surface area contributed by atoms with E-state index in [4.69, 9.17) is 4.42 Å². The number of aromatic nitrogens is 9. The van der Waals surface area contributed by atoms with Gasteiger partial charge >= 0.3 is 0 Å². The van der Waals surface area contributed by atoms with Crippen LogP contribution in [0, 0.1) is 34.6 Å². The molecule has 10 heteroatoms. The molecule has 0 aliphatic carbocycles. The number of para-hydroxylation sites is 4. The largest absolute Gasteiger partial charge is 0.437 e. The molecule has 0 aliphatic heterocycles. The molecule has 10 heterocycles. The standard InChI is InChI=1S/C36H38N3O.C32H36N3.C28H34N3/c1-21(2)26-11-9-12-27(22(3)4)34(26)39-20-19-24(6)33(39)31-14-10-13-30(38(31)8)32-23(5)15-17-28-29-18-16-25(7)37-36(29)40-35(28)32;1-21(2)25-13-10-14-26(22(3)4)32(25)35-19-18-23(5)31(35)29-17-11-16-28(34(29)7)30-20-24-12-8-9-15-27(24)33(30)6;1-19(2)22-11-8-12-23(20(3)4)28(22)31-18-16-21(5)27(31)26-14-9-13-25(30(26)7)24-15-10-17-29(24)6/h9-22H,1-8H3;8-22H,1-7H3;8-20H,1-7H3/q3*+1. The third kappa shape index (κ3) is 13.4. The molecule has 0 spiro atoms. The van der Waals surface area contributed by atoms with Crippen LogP contribution in [0.4, 0.5) is 0 Å². The fourth-order valence-electron chi connectivity index (χ4n) is 16.2. The van der Waals surface area contributed by atoms with Crippen LogP contribution in [0.5, 0.6) is 0 Å². The minimum absolute atomic E-state index is 0.412. The second-order valence-electron chi connectivity index (χ2n) is 31.2. The van der Waals surface area contributed by atoms with Crippen molar-refractivity contribution in [2.45, 2.75) is 153 Å². The van der Waals surface area contributed by atoms with Gasteiger partial charge in [0.15, 0.2) is 5.58 Å². The summed E-state index contributed by atoms with van der Waals surface area (Å²) in [6.07, 6.45) is 8.83. The number of furan rings is 1. The predicted molar refractivity (Wildman–Crippen MR) is 442 cm³/mol. The summed E-state index contributed by atoms with van der Waals surface area (Å²) in [4.78, 5) is 4.68. The van der Waals surface area contributed by atoms with E-state index >= 15 is 0 Å². The van der Waals surface area contributed by atoms with Crippen LogP contribution in [0.3, 0.4) is 0 Å². The summed E-state index contributed by atoms with van der Waals surface area (Å²) in [7, 11) is 10.8. The first kappa shape index (κ1) is 73.5. The Balaban J connectivity index is 0.000000142. The Morgan fingerprint density at radius 1 is 0.340 bits per heavy atom. The Kier molecular flexibility index (Phi) is 20.8. The van der Waals surface area contributed by atoms with Crippen molar-refractivity contribution in [2.75, 3.05) is 0 Å². The van der Waals surface area contributed by atoms with Gasteiger partial charge in [-0.05, 0) is 199 Å². The topological polar surface area (TPSA) is 62.3 Å². The zero-order valence-electron chi connectivity index (χ0n) is 66.7. The van der Waals surface area contributed by atoms with E-state index in [2.05, 4.69) is 406 Å². The third-order valence-corrected chi connectivity index (χ3v) is 22.0. The molecule has 0 radical (unpaired) electrons. The van der Waals surface area contributed by atoms with E-state index in [0.717, 1.165) is 39.0 Å². The van der Waals surface area contributed by atoms with Gasteiger partial charge in [-0.15, -0.1) is 0 Å². The molecule has 0 saturated carbocycles. The van der Waals surface area contributed by atoms with Crippen LogP contribution in [0.2, 0.25) is 0 Å². The summed E-state index contributed by atoms with van der Waals surface area (Å²) in [6.45, 7) is 38.3. The molecule has 15 aromatic rings. The van der Waals surface area contributed by atoms with Crippen LogP contribution in [-0.2, 0) is 35.2 Å². The molecule has 10 nitrogen and oxygen atoms in total. The Bertz CT molecular complexity index is 5680. The van der Waals surface area contributed by atoms with E-state index in [-0.39, 0.29) is 0 Å². The summed E-state index contributed by atoms with van der Waals surface area (Å²) < 4.78 is 25.2. The van der Waals surface area contributed by atoms with Crippen LogP contribution in [0.1, 0.15) is 180 Å². The number of pyridine rings is 4. The first-order chi connectivity index (χ1) is 50.8. The van der Waals surface area contributed by atoms with Gasteiger partial charge < -0.3 is 27.3 Å². The molecule has 0 N–H and O–H groups in total. The highest BCUT2D eigenvalue weighted by atomic mass is 16.3. The van der Waals surface area contributed by atoms with Gasteiger partial charge in [0.05, 0.1) is 22.6 Å². The number of aryl methyl sites for hydroxylation is 7. The minimum atomic E-state index is 0.412. The lowest BCUT2D eigenvalue weighted by molar-refractivity contribution is -0.649. The van der Waals surface area contributed by atoms with E-state index in [9.17, 15) is 0 Å². The zero-order chi connectivity index (χ0) is 75.4. The van der Waals surface area contributed by atoms with Crippen LogP contribution < -0.4 is 13.7 Å². The fraction of sp³-hybridized carbons (Fsp3) is 0.292. The van der Waals surface area contributed by atoms with Gasteiger partial charge in [-0.25, -0.2) is 4.98 Å². The van der Waals surface area contributed by atoms with Gasteiger partial charge in [0, 0.05) is 103 Å². The monoisotopic (exact) mass is 1400 g/mol. The van der Waals surface area contributed by atoms with Crippen molar-refractivity contribution in [3.05, 3.63) is 280 Å². The van der Waals surface area contributed by atoms with E-state index in [1.807, 2.05) is 6.92 Å². The summed E-state index contributed by atoms with van der Waals surface area (Å²) in [5.74, 6) is 2.61. The molecule has 0 saturated heterocycles. The van der Waals surface area contributed by atoms with Gasteiger partial charge in [0.1, 0.15) is 49.6 Å². The van der Waals surface area contributed by atoms with Crippen molar-refractivity contribution in [2.24, 2.45) is 35.2 Å². The predicted octanol–water partition coefficient (Wildman–Crippen LogP) is 23.3. The van der Waals surface area contributed by atoms with Crippen LogP contribution in [0.15, 0.2) is 223 Å². The lowest BCUT2D eigenvalue weighted by Crippen LogP contribution is -2.35. The molecule has 10 aromatic heterocycles. The Morgan fingerprint density at radius 3 is 1.12 bits per heavy atom. The molecule has 0 atom stereocenters. The Hall–Kier alpha value is -10.8. The number of benzene rings is 5. The lowest BCUT2D eigenvalue weighted by Gasteiger charge is -2.22. The van der Waals surface area contributed by atoms with Crippen LogP contribution in [0.25, 0.3) is 118 Å². The van der Waals surface area contributed by atoms with Gasteiger partial charge in [0.25, 0.3) is 0 Å². The highest BCUT2D eigenvalue weighted by molar-refractivity contribution is 6.09. The van der Waals surface area contributed by atoms with Crippen molar-refractivity contribution in [3.8, 4) is 85.3 Å². The van der Waals surface area contributed by atoms with Crippen LogP contribution in [-0.4, -0.2) is 27.8 Å². The lowest BCUT2D eigenvalue weighted by atomic mass is 9.92. The van der Waals surface area contributed by atoms with Crippen molar-refractivity contribution >= 4 is 33.0 Å². The molecule has 106 heavy (non-hydrogen) atoms. The van der Waals surface area contributed by atoms with E-state index in [0.29, 0.717) is 41.2 Å². The molecule has 0 bridgehead atoms. The highest BCUT2D eigenvalue weighted by Crippen LogP contribution is 2.42. The molecule has 540 valence electrons. The first-order valence-electron chi connectivity index (χ1n) is 38.2. The number of hydrogen-bond donors (Lipinski definition) is 0. The summed E-state index contributed by atoms with van der Waals surface area (Å²) in [6, 6.07) is 70.6. The quantitative estimate of drug-likeness (QED) is 0.0960. The maximum atomic E-state index is 6.46. The van der Waals surface area contributed by atoms with Crippen molar-refractivity contribution in [1.82, 2.24) is 27.8 Å². The van der Waals surface area contributed by atoms with Crippen molar-refractivity contribution in [3.63, 3.8) is 0 Å². The zero-order valence-corrected chi connectivity index (χ0v) is 66.7. The normalized spacial score (nSPS) is 11.8. The van der Waals surface area contributed by atoms with Crippen molar-refractivity contribution < 1.29 is 18.1 Å². The average Bonchev–Trinajstić information content (AvgIpc) is 1.54. The molecular weight excluding hydrogens is 1300 g/mol. The summed E-state index contributed by atoms with van der Waals surface area (Å²) in [5, 5.41) is 3.42. The summed E-state index contributed by atoms with van der Waals surface area (Å²) in [5.41, 5.74) is 35.4. The third-order valence-electron chi connectivity index (χ3n) is 22.0. The van der Waals surface area contributed by atoms with Gasteiger partial charge in [0.2, 0.25) is 39.9 Å².